The molecular weight excluding hydrogens is 324 g/mol. The standard InChI is InChI=1S/C14H18N2O6S/c1-16(2)23(18,19)10-4-5-12(20-3)11(8-10)15-14(17)13-9-21-6-7-22-13/h4-5,8-9H,6-7H2,1-3H3,(H,15,17). The lowest BCUT2D eigenvalue weighted by Crippen LogP contribution is -2.23. The number of methoxy groups -OCH3 is 1. The van der Waals surface area contributed by atoms with Crippen LogP contribution in [0.4, 0.5) is 5.69 Å². The summed E-state index contributed by atoms with van der Waals surface area (Å²) in [5.41, 5.74) is 0.218. The lowest BCUT2D eigenvalue weighted by molar-refractivity contribution is -0.117. The number of nitrogens with one attached hydrogen (secondary N) is 1. The Morgan fingerprint density at radius 2 is 2.04 bits per heavy atom. The van der Waals surface area contributed by atoms with Gasteiger partial charge in [-0.1, -0.05) is 0 Å². The molecule has 1 aromatic rings. The normalized spacial score (nSPS) is 14.5. The van der Waals surface area contributed by atoms with E-state index in [4.69, 9.17) is 14.2 Å². The van der Waals surface area contributed by atoms with E-state index >= 15 is 0 Å². The molecule has 1 amide bonds. The Labute approximate surface area is 134 Å². The summed E-state index contributed by atoms with van der Waals surface area (Å²) < 4.78 is 40.8. The van der Waals surface area contributed by atoms with Crippen LogP contribution < -0.4 is 10.1 Å². The second kappa shape index (κ2) is 6.88. The van der Waals surface area contributed by atoms with E-state index < -0.39 is 15.9 Å². The fourth-order valence-electron chi connectivity index (χ4n) is 1.83. The summed E-state index contributed by atoms with van der Waals surface area (Å²) in [5.74, 6) is -0.213. The van der Waals surface area contributed by atoms with Gasteiger partial charge < -0.3 is 19.5 Å². The van der Waals surface area contributed by atoms with Crippen molar-refractivity contribution in [3.8, 4) is 5.75 Å². The first-order chi connectivity index (χ1) is 10.9. The van der Waals surface area contributed by atoms with Gasteiger partial charge in [0.2, 0.25) is 15.8 Å². The Bertz CT molecular complexity index is 727. The minimum absolute atomic E-state index is 0.0131. The van der Waals surface area contributed by atoms with Crippen LogP contribution in [-0.2, 0) is 24.3 Å². The van der Waals surface area contributed by atoms with Crippen molar-refractivity contribution in [2.24, 2.45) is 0 Å². The smallest absolute Gasteiger partial charge is 0.294 e. The maximum absolute atomic E-state index is 12.2. The predicted octanol–water partition coefficient (Wildman–Crippen LogP) is 0.772. The molecule has 0 bridgehead atoms. The van der Waals surface area contributed by atoms with Crippen molar-refractivity contribution in [2.75, 3.05) is 39.7 Å². The van der Waals surface area contributed by atoms with Crippen molar-refractivity contribution in [3.63, 3.8) is 0 Å². The Morgan fingerprint density at radius 3 is 2.61 bits per heavy atom. The molecule has 126 valence electrons. The minimum Gasteiger partial charge on any atom is -0.495 e. The molecule has 1 aromatic carbocycles. The first kappa shape index (κ1) is 17.1. The fraction of sp³-hybridized carbons (Fsp3) is 0.357. The molecule has 23 heavy (non-hydrogen) atoms. The Hall–Kier alpha value is -2.26. The van der Waals surface area contributed by atoms with Gasteiger partial charge in [-0.05, 0) is 18.2 Å². The van der Waals surface area contributed by atoms with E-state index in [-0.39, 0.29) is 22.9 Å². The van der Waals surface area contributed by atoms with Gasteiger partial charge in [-0.2, -0.15) is 0 Å². The van der Waals surface area contributed by atoms with E-state index in [9.17, 15) is 13.2 Å². The van der Waals surface area contributed by atoms with Gasteiger partial charge in [0.1, 0.15) is 25.2 Å². The second-order valence-electron chi connectivity index (χ2n) is 4.80. The highest BCUT2D eigenvalue weighted by Crippen LogP contribution is 2.29. The first-order valence-electron chi connectivity index (χ1n) is 6.72. The molecule has 0 radical (unpaired) electrons. The molecule has 1 heterocycles. The van der Waals surface area contributed by atoms with Crippen molar-refractivity contribution in [1.29, 1.82) is 0 Å². The molecule has 0 atom stereocenters. The number of benzene rings is 1. The highest BCUT2D eigenvalue weighted by Gasteiger charge is 2.21. The van der Waals surface area contributed by atoms with Gasteiger partial charge in [0, 0.05) is 14.1 Å². The molecule has 9 heteroatoms. The molecule has 0 saturated heterocycles. The van der Waals surface area contributed by atoms with Gasteiger partial charge in [0.05, 0.1) is 17.7 Å². The molecule has 8 nitrogen and oxygen atoms in total. The van der Waals surface area contributed by atoms with Crippen molar-refractivity contribution in [2.45, 2.75) is 4.90 Å². The van der Waals surface area contributed by atoms with Crippen LogP contribution in [0.25, 0.3) is 0 Å². The van der Waals surface area contributed by atoms with Crippen LogP contribution in [0.1, 0.15) is 0 Å². The second-order valence-corrected chi connectivity index (χ2v) is 6.96. The number of carbonyl (C=O) groups excluding carboxylic acids is 1. The Kier molecular flexibility index (Phi) is 5.12. The topological polar surface area (TPSA) is 94.2 Å². The SMILES string of the molecule is COc1ccc(S(=O)(=O)N(C)C)cc1NC(=O)C1=COCCO1. The van der Waals surface area contributed by atoms with Gasteiger partial charge in [-0.25, -0.2) is 12.7 Å². The summed E-state index contributed by atoms with van der Waals surface area (Å²) in [7, 11) is 0.645. The number of ether oxygens (including phenoxy) is 3. The molecule has 0 aliphatic carbocycles. The molecule has 0 aromatic heterocycles. The molecule has 0 spiro atoms. The van der Waals surface area contributed by atoms with Gasteiger partial charge >= 0.3 is 0 Å². The van der Waals surface area contributed by atoms with Crippen LogP contribution in [0.3, 0.4) is 0 Å². The lowest BCUT2D eigenvalue weighted by atomic mass is 10.3. The summed E-state index contributed by atoms with van der Waals surface area (Å²) in [4.78, 5) is 12.2. The number of rotatable bonds is 5. The maximum Gasteiger partial charge on any atom is 0.294 e. The monoisotopic (exact) mass is 342 g/mol. The fourth-order valence-corrected chi connectivity index (χ4v) is 2.76. The zero-order chi connectivity index (χ0) is 17.0. The Morgan fingerprint density at radius 1 is 1.30 bits per heavy atom. The van der Waals surface area contributed by atoms with Gasteiger partial charge in [-0.3, -0.25) is 4.79 Å². The van der Waals surface area contributed by atoms with E-state index in [1.54, 1.807) is 0 Å². The van der Waals surface area contributed by atoms with Gasteiger partial charge in [-0.15, -0.1) is 0 Å². The van der Waals surface area contributed by atoms with Crippen molar-refractivity contribution >= 4 is 21.6 Å². The maximum atomic E-state index is 12.2. The molecule has 0 unspecified atom stereocenters. The third-order valence-corrected chi connectivity index (χ3v) is 4.88. The van der Waals surface area contributed by atoms with Crippen LogP contribution in [0, 0.1) is 0 Å². The number of nitrogens with zero attached hydrogens (tertiary/aromatic N) is 1. The van der Waals surface area contributed by atoms with E-state index in [1.807, 2.05) is 0 Å². The summed E-state index contributed by atoms with van der Waals surface area (Å²) in [6.07, 6.45) is 1.21. The Balaban J connectivity index is 2.33. The summed E-state index contributed by atoms with van der Waals surface area (Å²) in [5, 5.41) is 2.56. The zero-order valence-electron chi connectivity index (χ0n) is 13.0. The molecule has 1 N–H and O–H groups in total. The van der Waals surface area contributed by atoms with Crippen molar-refractivity contribution in [1.82, 2.24) is 4.31 Å². The van der Waals surface area contributed by atoms with Crippen molar-refractivity contribution < 1.29 is 27.4 Å². The van der Waals surface area contributed by atoms with Gasteiger partial charge in [0.15, 0.2) is 0 Å². The zero-order valence-corrected chi connectivity index (χ0v) is 13.8. The molecule has 1 aliphatic rings. The minimum atomic E-state index is -3.63. The molecule has 0 saturated carbocycles. The number of anilines is 1. The summed E-state index contributed by atoms with van der Waals surface area (Å²) in [6.45, 7) is 0.641. The third kappa shape index (κ3) is 3.74. The molecule has 0 fully saturated rings. The van der Waals surface area contributed by atoms with Crippen LogP contribution in [0.15, 0.2) is 35.1 Å². The van der Waals surface area contributed by atoms with Crippen LogP contribution in [0.2, 0.25) is 0 Å². The quantitative estimate of drug-likeness (QED) is 0.849. The lowest BCUT2D eigenvalue weighted by Gasteiger charge is -2.17. The number of sulfonamides is 1. The van der Waals surface area contributed by atoms with Crippen molar-refractivity contribution in [3.05, 3.63) is 30.2 Å². The summed E-state index contributed by atoms with van der Waals surface area (Å²) >= 11 is 0. The highest BCUT2D eigenvalue weighted by molar-refractivity contribution is 7.89. The number of carbonyl (C=O) groups is 1. The number of hydrogen-bond acceptors (Lipinski definition) is 6. The van der Waals surface area contributed by atoms with Gasteiger partial charge in [0.25, 0.3) is 5.91 Å². The van der Waals surface area contributed by atoms with Crippen LogP contribution in [-0.4, -0.2) is 53.0 Å². The first-order valence-corrected chi connectivity index (χ1v) is 8.16. The average Bonchev–Trinajstić information content (AvgIpc) is 2.55. The average molecular weight is 342 g/mol. The van der Waals surface area contributed by atoms with E-state index in [1.165, 1.54) is 45.7 Å². The number of amides is 1. The van der Waals surface area contributed by atoms with E-state index in [2.05, 4.69) is 5.32 Å². The molecule has 2 rings (SSSR count). The third-order valence-electron chi connectivity index (χ3n) is 3.07. The van der Waals surface area contributed by atoms with E-state index in [0.717, 1.165) is 4.31 Å². The highest BCUT2D eigenvalue weighted by atomic mass is 32.2. The largest absolute Gasteiger partial charge is 0.495 e. The molecule has 1 aliphatic heterocycles. The number of hydrogen-bond donors (Lipinski definition) is 1. The predicted molar refractivity (Wildman–Crippen MR) is 82.5 cm³/mol. The van der Waals surface area contributed by atoms with Crippen LogP contribution in [0.5, 0.6) is 5.75 Å². The summed E-state index contributed by atoms with van der Waals surface area (Å²) in [6, 6.07) is 4.21. The van der Waals surface area contributed by atoms with E-state index in [0.29, 0.717) is 12.4 Å². The van der Waals surface area contributed by atoms with Crippen LogP contribution >= 0.6 is 0 Å². The molecular formula is C14H18N2O6S.